The predicted molar refractivity (Wildman–Crippen MR) is 99.5 cm³/mol. The van der Waals surface area contributed by atoms with Crippen molar-refractivity contribution < 1.29 is 9.21 Å². The van der Waals surface area contributed by atoms with Gasteiger partial charge in [0.15, 0.2) is 0 Å². The van der Waals surface area contributed by atoms with Gasteiger partial charge in [-0.15, -0.1) is 5.10 Å². The van der Waals surface area contributed by atoms with Crippen LogP contribution in [-0.4, -0.2) is 26.7 Å². The second kappa shape index (κ2) is 7.56. The molecule has 0 saturated carbocycles. The van der Waals surface area contributed by atoms with Gasteiger partial charge in [0.2, 0.25) is 5.82 Å². The van der Waals surface area contributed by atoms with Gasteiger partial charge < -0.3 is 9.73 Å². The first kappa shape index (κ1) is 17.9. The molecule has 3 rings (SSSR count). The van der Waals surface area contributed by atoms with Crippen molar-refractivity contribution in [2.24, 2.45) is 0 Å². The lowest BCUT2D eigenvalue weighted by molar-refractivity contribution is 0.0929. The zero-order chi connectivity index (χ0) is 18.7. The standard InChI is InChI=1S/C20H24N4O2/c1-13(2)17-9-5-6-10-18(17)24-15(4)22-19(23-24)20(25)21-14(3)12-16-8-7-11-26-16/h5-11,13-14H,12H2,1-4H3,(H,21,25). The molecule has 0 aliphatic heterocycles. The van der Waals surface area contributed by atoms with Crippen LogP contribution in [0.1, 0.15) is 54.5 Å². The second-order valence-electron chi connectivity index (χ2n) is 6.77. The Morgan fingerprint density at radius 1 is 1.19 bits per heavy atom. The minimum Gasteiger partial charge on any atom is -0.469 e. The fourth-order valence-corrected chi connectivity index (χ4v) is 2.95. The van der Waals surface area contributed by atoms with E-state index < -0.39 is 0 Å². The van der Waals surface area contributed by atoms with E-state index in [2.05, 4.69) is 35.3 Å². The van der Waals surface area contributed by atoms with Crippen molar-refractivity contribution in [2.45, 2.75) is 46.1 Å². The summed E-state index contributed by atoms with van der Waals surface area (Å²) in [5.41, 5.74) is 2.12. The first-order valence-electron chi connectivity index (χ1n) is 8.82. The lowest BCUT2D eigenvalue weighted by Crippen LogP contribution is -2.34. The van der Waals surface area contributed by atoms with E-state index in [1.165, 1.54) is 5.56 Å². The summed E-state index contributed by atoms with van der Waals surface area (Å²) < 4.78 is 7.06. The van der Waals surface area contributed by atoms with E-state index in [0.717, 1.165) is 11.4 Å². The number of furan rings is 1. The van der Waals surface area contributed by atoms with Gasteiger partial charge in [-0.25, -0.2) is 9.67 Å². The molecule has 0 radical (unpaired) electrons. The summed E-state index contributed by atoms with van der Waals surface area (Å²) in [6.45, 7) is 8.05. The number of aromatic nitrogens is 3. The number of para-hydroxylation sites is 1. The van der Waals surface area contributed by atoms with Crippen LogP contribution in [0.2, 0.25) is 0 Å². The van der Waals surface area contributed by atoms with Crippen molar-refractivity contribution in [1.29, 1.82) is 0 Å². The highest BCUT2D eigenvalue weighted by atomic mass is 16.3. The molecule has 1 unspecified atom stereocenters. The molecule has 0 aliphatic carbocycles. The number of aryl methyl sites for hydroxylation is 1. The van der Waals surface area contributed by atoms with Crippen LogP contribution in [0.4, 0.5) is 0 Å². The van der Waals surface area contributed by atoms with E-state index in [9.17, 15) is 4.79 Å². The Labute approximate surface area is 153 Å². The zero-order valence-corrected chi connectivity index (χ0v) is 15.6. The number of carbonyl (C=O) groups excluding carboxylic acids is 1. The third kappa shape index (κ3) is 3.85. The van der Waals surface area contributed by atoms with Gasteiger partial charge in [-0.1, -0.05) is 32.0 Å². The molecule has 0 aliphatic rings. The molecule has 0 fully saturated rings. The first-order chi connectivity index (χ1) is 12.5. The van der Waals surface area contributed by atoms with Crippen LogP contribution in [0.25, 0.3) is 5.69 Å². The minimum absolute atomic E-state index is 0.0798. The lowest BCUT2D eigenvalue weighted by Gasteiger charge is -2.13. The van der Waals surface area contributed by atoms with Crippen LogP contribution >= 0.6 is 0 Å². The number of amides is 1. The molecular weight excluding hydrogens is 328 g/mol. The summed E-state index contributed by atoms with van der Waals surface area (Å²) in [7, 11) is 0. The van der Waals surface area contributed by atoms with Crippen molar-refractivity contribution in [3.05, 3.63) is 65.6 Å². The predicted octanol–water partition coefficient (Wildman–Crippen LogP) is 3.65. The van der Waals surface area contributed by atoms with Gasteiger partial charge in [0.1, 0.15) is 11.6 Å². The van der Waals surface area contributed by atoms with Gasteiger partial charge in [0.05, 0.1) is 12.0 Å². The first-order valence-corrected chi connectivity index (χ1v) is 8.82. The van der Waals surface area contributed by atoms with Crippen LogP contribution in [-0.2, 0) is 6.42 Å². The van der Waals surface area contributed by atoms with E-state index in [-0.39, 0.29) is 17.8 Å². The molecule has 26 heavy (non-hydrogen) atoms. The van der Waals surface area contributed by atoms with E-state index >= 15 is 0 Å². The molecule has 1 amide bonds. The minimum atomic E-state index is -0.284. The average molecular weight is 352 g/mol. The molecule has 1 atom stereocenters. The average Bonchev–Trinajstić information content (AvgIpc) is 3.24. The smallest absolute Gasteiger partial charge is 0.291 e. The van der Waals surface area contributed by atoms with Crippen molar-refractivity contribution in [3.8, 4) is 5.69 Å². The van der Waals surface area contributed by atoms with Gasteiger partial charge >= 0.3 is 0 Å². The van der Waals surface area contributed by atoms with Crippen LogP contribution in [0.15, 0.2) is 47.1 Å². The third-order valence-corrected chi connectivity index (χ3v) is 4.22. The maximum atomic E-state index is 12.5. The fraction of sp³-hybridized carbons (Fsp3) is 0.350. The van der Waals surface area contributed by atoms with Crippen molar-refractivity contribution in [1.82, 2.24) is 20.1 Å². The Hall–Kier alpha value is -2.89. The number of nitrogens with one attached hydrogen (secondary N) is 1. The molecule has 1 aromatic carbocycles. The van der Waals surface area contributed by atoms with E-state index in [0.29, 0.717) is 18.2 Å². The monoisotopic (exact) mass is 352 g/mol. The topological polar surface area (TPSA) is 73.0 Å². The summed E-state index contributed by atoms with van der Waals surface area (Å²) in [6.07, 6.45) is 2.25. The Balaban J connectivity index is 1.78. The lowest BCUT2D eigenvalue weighted by atomic mass is 10.0. The summed E-state index contributed by atoms with van der Waals surface area (Å²) in [5.74, 6) is 1.75. The van der Waals surface area contributed by atoms with E-state index in [1.807, 2.05) is 44.2 Å². The van der Waals surface area contributed by atoms with Gasteiger partial charge in [-0.3, -0.25) is 4.79 Å². The van der Waals surface area contributed by atoms with E-state index in [4.69, 9.17) is 4.42 Å². The molecule has 1 N–H and O–H groups in total. The number of hydrogen-bond acceptors (Lipinski definition) is 4. The molecule has 136 valence electrons. The highest BCUT2D eigenvalue weighted by molar-refractivity contribution is 5.90. The summed E-state index contributed by atoms with van der Waals surface area (Å²) >= 11 is 0. The summed E-state index contributed by atoms with van der Waals surface area (Å²) in [5, 5.41) is 7.37. The molecule has 3 aromatic rings. The number of benzene rings is 1. The van der Waals surface area contributed by atoms with Crippen molar-refractivity contribution in [3.63, 3.8) is 0 Å². The normalized spacial score (nSPS) is 12.3. The third-order valence-electron chi connectivity index (χ3n) is 4.22. The van der Waals surface area contributed by atoms with Crippen LogP contribution < -0.4 is 5.32 Å². The van der Waals surface area contributed by atoms with Gasteiger partial charge in [-0.2, -0.15) is 0 Å². The maximum absolute atomic E-state index is 12.5. The van der Waals surface area contributed by atoms with Crippen molar-refractivity contribution in [2.75, 3.05) is 0 Å². The summed E-state index contributed by atoms with van der Waals surface area (Å²) in [6, 6.07) is 11.7. The Morgan fingerprint density at radius 2 is 1.96 bits per heavy atom. The Morgan fingerprint density at radius 3 is 2.65 bits per heavy atom. The molecule has 0 saturated heterocycles. The van der Waals surface area contributed by atoms with Gasteiger partial charge in [-0.05, 0) is 43.5 Å². The van der Waals surface area contributed by atoms with E-state index in [1.54, 1.807) is 10.9 Å². The SMILES string of the molecule is Cc1nc(C(=O)NC(C)Cc2ccco2)nn1-c1ccccc1C(C)C. The zero-order valence-electron chi connectivity index (χ0n) is 15.6. The van der Waals surface area contributed by atoms with Crippen LogP contribution in [0, 0.1) is 6.92 Å². The number of rotatable bonds is 6. The van der Waals surface area contributed by atoms with Gasteiger partial charge in [0, 0.05) is 12.5 Å². The molecule has 2 aromatic heterocycles. The molecular formula is C20H24N4O2. The van der Waals surface area contributed by atoms with Crippen molar-refractivity contribution >= 4 is 5.91 Å². The van der Waals surface area contributed by atoms with Crippen LogP contribution in [0.3, 0.4) is 0 Å². The second-order valence-corrected chi connectivity index (χ2v) is 6.77. The Bertz CT molecular complexity index is 881. The van der Waals surface area contributed by atoms with Crippen LogP contribution in [0.5, 0.6) is 0 Å². The highest BCUT2D eigenvalue weighted by Crippen LogP contribution is 2.23. The molecule has 2 heterocycles. The molecule has 0 spiro atoms. The molecule has 0 bridgehead atoms. The Kier molecular flexibility index (Phi) is 5.21. The number of nitrogens with zero attached hydrogens (tertiary/aromatic N) is 3. The largest absolute Gasteiger partial charge is 0.469 e. The number of hydrogen-bond donors (Lipinski definition) is 1. The summed E-state index contributed by atoms with van der Waals surface area (Å²) in [4.78, 5) is 16.9. The maximum Gasteiger partial charge on any atom is 0.291 e. The highest BCUT2D eigenvalue weighted by Gasteiger charge is 2.19. The fourth-order valence-electron chi connectivity index (χ4n) is 2.95. The molecule has 6 nitrogen and oxygen atoms in total. The quantitative estimate of drug-likeness (QED) is 0.735. The van der Waals surface area contributed by atoms with Gasteiger partial charge in [0.25, 0.3) is 5.91 Å². The number of carbonyl (C=O) groups is 1. The molecule has 6 heteroatoms.